The van der Waals surface area contributed by atoms with E-state index in [-0.39, 0.29) is 5.38 Å². The van der Waals surface area contributed by atoms with Crippen LogP contribution in [0, 0.1) is 0 Å². The molecule has 0 saturated heterocycles. The van der Waals surface area contributed by atoms with Gasteiger partial charge in [0.2, 0.25) is 0 Å². The SMILES string of the molecule is ClC(c1ccc2[nH]c3ccccc3c2c1)c1sccc1Br. The highest BCUT2D eigenvalue weighted by molar-refractivity contribution is 9.10. The standard InChI is InChI=1S/C17H11BrClNS/c18-13-7-8-21-17(13)16(19)10-5-6-15-12(9-10)11-3-1-2-4-14(11)20-15/h1-9,16,20H. The van der Waals surface area contributed by atoms with Gasteiger partial charge in [-0.1, -0.05) is 24.3 Å². The summed E-state index contributed by atoms with van der Waals surface area (Å²) in [4.78, 5) is 4.59. The highest BCUT2D eigenvalue weighted by Gasteiger charge is 2.16. The number of aromatic nitrogens is 1. The summed E-state index contributed by atoms with van der Waals surface area (Å²) in [6.45, 7) is 0. The first-order valence-electron chi connectivity index (χ1n) is 6.61. The molecule has 104 valence electrons. The Kier molecular flexibility index (Phi) is 3.29. The monoisotopic (exact) mass is 375 g/mol. The van der Waals surface area contributed by atoms with Gasteiger partial charge in [-0.05, 0) is 51.1 Å². The first-order valence-corrected chi connectivity index (χ1v) is 8.72. The number of rotatable bonds is 2. The average molecular weight is 377 g/mol. The number of fused-ring (bicyclic) bond motifs is 3. The Hall–Kier alpha value is -1.29. The highest BCUT2D eigenvalue weighted by atomic mass is 79.9. The smallest absolute Gasteiger partial charge is 0.0939 e. The van der Waals surface area contributed by atoms with Crippen molar-refractivity contribution in [1.29, 1.82) is 0 Å². The molecule has 0 fully saturated rings. The van der Waals surface area contributed by atoms with Gasteiger partial charge in [-0.25, -0.2) is 0 Å². The molecular weight excluding hydrogens is 366 g/mol. The minimum absolute atomic E-state index is 0.127. The second kappa shape index (κ2) is 5.16. The number of alkyl halides is 1. The van der Waals surface area contributed by atoms with Crippen molar-refractivity contribution in [2.24, 2.45) is 0 Å². The molecule has 4 rings (SSSR count). The summed E-state index contributed by atoms with van der Waals surface area (Å²) in [5.41, 5.74) is 3.43. The lowest BCUT2D eigenvalue weighted by Crippen LogP contribution is -1.90. The Morgan fingerprint density at radius 3 is 2.62 bits per heavy atom. The molecule has 1 atom stereocenters. The van der Waals surface area contributed by atoms with Gasteiger partial charge in [-0.2, -0.15) is 0 Å². The van der Waals surface area contributed by atoms with Crippen LogP contribution >= 0.6 is 38.9 Å². The fourth-order valence-corrected chi connectivity index (χ4v) is 4.80. The zero-order chi connectivity index (χ0) is 14.4. The highest BCUT2D eigenvalue weighted by Crippen LogP contribution is 2.39. The Morgan fingerprint density at radius 1 is 1.00 bits per heavy atom. The van der Waals surface area contributed by atoms with Gasteiger partial charge in [0, 0.05) is 31.2 Å². The molecule has 0 amide bonds. The maximum atomic E-state index is 6.67. The summed E-state index contributed by atoms with van der Waals surface area (Å²) in [5.74, 6) is 0. The zero-order valence-corrected chi connectivity index (χ0v) is 14.1. The molecule has 4 heteroatoms. The van der Waals surface area contributed by atoms with E-state index in [9.17, 15) is 0 Å². The van der Waals surface area contributed by atoms with Crippen molar-refractivity contribution in [3.05, 3.63) is 68.8 Å². The molecule has 0 bridgehead atoms. The molecule has 1 nitrogen and oxygen atoms in total. The van der Waals surface area contributed by atoms with Crippen LogP contribution in [0.3, 0.4) is 0 Å². The van der Waals surface area contributed by atoms with Crippen LogP contribution in [0.5, 0.6) is 0 Å². The Labute approximate surface area is 139 Å². The summed E-state index contributed by atoms with van der Waals surface area (Å²) in [6.07, 6.45) is 0. The maximum Gasteiger partial charge on any atom is 0.0939 e. The van der Waals surface area contributed by atoms with E-state index in [1.54, 1.807) is 11.3 Å². The Morgan fingerprint density at radius 2 is 1.81 bits per heavy atom. The topological polar surface area (TPSA) is 15.8 Å². The van der Waals surface area contributed by atoms with Gasteiger partial charge in [0.1, 0.15) is 0 Å². The quantitative estimate of drug-likeness (QED) is 0.386. The molecule has 4 aromatic rings. The van der Waals surface area contributed by atoms with E-state index >= 15 is 0 Å². The summed E-state index contributed by atoms with van der Waals surface area (Å²) >= 11 is 11.9. The van der Waals surface area contributed by atoms with Crippen LogP contribution in [0.25, 0.3) is 21.8 Å². The van der Waals surface area contributed by atoms with Gasteiger partial charge in [0.05, 0.1) is 5.38 Å². The van der Waals surface area contributed by atoms with Crippen LogP contribution in [0.1, 0.15) is 15.8 Å². The summed E-state index contributed by atoms with van der Waals surface area (Å²) < 4.78 is 1.08. The van der Waals surface area contributed by atoms with Crippen molar-refractivity contribution in [1.82, 2.24) is 4.98 Å². The lowest BCUT2D eigenvalue weighted by molar-refractivity contribution is 1.18. The molecule has 2 aromatic carbocycles. The number of para-hydroxylation sites is 1. The first kappa shape index (κ1) is 13.4. The van der Waals surface area contributed by atoms with E-state index in [1.807, 2.05) is 12.1 Å². The lowest BCUT2D eigenvalue weighted by Gasteiger charge is -2.09. The molecule has 1 unspecified atom stereocenters. The fraction of sp³-hybridized carbons (Fsp3) is 0.0588. The number of nitrogens with one attached hydrogen (secondary N) is 1. The molecule has 0 saturated carbocycles. The van der Waals surface area contributed by atoms with Crippen molar-refractivity contribution >= 4 is 60.7 Å². The van der Waals surface area contributed by atoms with Crippen LogP contribution in [-0.4, -0.2) is 4.98 Å². The van der Waals surface area contributed by atoms with E-state index in [0.717, 1.165) is 25.9 Å². The van der Waals surface area contributed by atoms with Crippen LogP contribution in [0.2, 0.25) is 0 Å². The average Bonchev–Trinajstić information content (AvgIpc) is 3.09. The molecular formula is C17H11BrClNS. The summed E-state index contributed by atoms with van der Waals surface area (Å²) in [7, 11) is 0. The molecule has 2 aromatic heterocycles. The molecule has 0 aliphatic carbocycles. The minimum atomic E-state index is -0.127. The van der Waals surface area contributed by atoms with Crippen molar-refractivity contribution < 1.29 is 0 Å². The van der Waals surface area contributed by atoms with E-state index < -0.39 is 0 Å². The lowest BCUT2D eigenvalue weighted by atomic mass is 10.1. The minimum Gasteiger partial charge on any atom is -0.355 e. The summed E-state index contributed by atoms with van der Waals surface area (Å²) in [6, 6.07) is 16.8. The van der Waals surface area contributed by atoms with Gasteiger partial charge >= 0.3 is 0 Å². The second-order valence-corrected chi connectivity index (χ2v) is 7.21. The van der Waals surface area contributed by atoms with Crippen molar-refractivity contribution in [3.8, 4) is 0 Å². The van der Waals surface area contributed by atoms with Crippen LogP contribution in [-0.2, 0) is 0 Å². The van der Waals surface area contributed by atoms with Crippen LogP contribution in [0.15, 0.2) is 58.4 Å². The fourth-order valence-electron chi connectivity index (χ4n) is 2.66. The largest absolute Gasteiger partial charge is 0.355 e. The molecule has 0 aliphatic heterocycles. The predicted molar refractivity (Wildman–Crippen MR) is 95.5 cm³/mol. The molecule has 0 spiro atoms. The number of H-pyrrole nitrogens is 1. The molecule has 2 heterocycles. The summed E-state index contributed by atoms with van der Waals surface area (Å²) in [5, 5.41) is 4.39. The van der Waals surface area contributed by atoms with E-state index in [2.05, 4.69) is 62.7 Å². The van der Waals surface area contributed by atoms with Gasteiger partial charge in [-0.3, -0.25) is 0 Å². The predicted octanol–water partition coefficient (Wildman–Crippen LogP) is 6.47. The third-order valence-electron chi connectivity index (χ3n) is 3.70. The molecule has 21 heavy (non-hydrogen) atoms. The number of benzene rings is 2. The van der Waals surface area contributed by atoms with E-state index in [4.69, 9.17) is 11.6 Å². The number of hydrogen-bond donors (Lipinski definition) is 1. The third-order valence-corrected chi connectivity index (χ3v) is 6.23. The Bertz CT molecular complexity index is 940. The molecule has 1 N–H and O–H groups in total. The van der Waals surface area contributed by atoms with Crippen LogP contribution < -0.4 is 0 Å². The number of hydrogen-bond acceptors (Lipinski definition) is 1. The van der Waals surface area contributed by atoms with E-state index in [0.29, 0.717) is 0 Å². The van der Waals surface area contributed by atoms with Crippen LogP contribution in [0.4, 0.5) is 0 Å². The maximum absolute atomic E-state index is 6.67. The van der Waals surface area contributed by atoms with Crippen molar-refractivity contribution in [2.45, 2.75) is 5.38 Å². The zero-order valence-electron chi connectivity index (χ0n) is 10.9. The Balaban J connectivity index is 1.90. The number of thiophene rings is 1. The van der Waals surface area contributed by atoms with Gasteiger partial charge in [-0.15, -0.1) is 22.9 Å². The van der Waals surface area contributed by atoms with Crippen molar-refractivity contribution in [3.63, 3.8) is 0 Å². The molecule has 0 radical (unpaired) electrons. The second-order valence-electron chi connectivity index (χ2n) is 4.97. The van der Waals surface area contributed by atoms with E-state index in [1.165, 1.54) is 10.8 Å². The van der Waals surface area contributed by atoms with Crippen molar-refractivity contribution in [2.75, 3.05) is 0 Å². The van der Waals surface area contributed by atoms with Gasteiger partial charge < -0.3 is 4.98 Å². The third kappa shape index (κ3) is 2.20. The number of aromatic amines is 1. The normalized spacial score (nSPS) is 13.0. The van der Waals surface area contributed by atoms with Gasteiger partial charge in [0.15, 0.2) is 0 Å². The van der Waals surface area contributed by atoms with Gasteiger partial charge in [0.25, 0.3) is 0 Å². The number of halogens is 2. The first-order chi connectivity index (χ1) is 10.2. The molecule has 0 aliphatic rings.